The van der Waals surface area contributed by atoms with Gasteiger partial charge in [0.05, 0.1) is 5.69 Å². The van der Waals surface area contributed by atoms with Crippen LogP contribution in [0.2, 0.25) is 0 Å². The van der Waals surface area contributed by atoms with Crippen molar-refractivity contribution in [1.82, 2.24) is 9.91 Å². The average Bonchev–Trinajstić information content (AvgIpc) is 2.59. The number of carbonyl (C=O) groups excluding carboxylic acids is 1. The van der Waals surface area contributed by atoms with Gasteiger partial charge in [-0.3, -0.25) is 9.69 Å². The highest BCUT2D eigenvalue weighted by molar-refractivity contribution is 5.73. The van der Waals surface area contributed by atoms with E-state index in [4.69, 9.17) is 0 Å². The van der Waals surface area contributed by atoms with E-state index >= 15 is 0 Å². The quantitative estimate of drug-likeness (QED) is 0.791. The Balaban J connectivity index is 1.58. The van der Waals surface area contributed by atoms with Gasteiger partial charge in [0.2, 0.25) is 6.41 Å². The van der Waals surface area contributed by atoms with E-state index in [0.29, 0.717) is 0 Å². The van der Waals surface area contributed by atoms with Crippen molar-refractivity contribution in [1.29, 1.82) is 0 Å². The maximum atomic E-state index is 11.4. The third kappa shape index (κ3) is 3.53. The van der Waals surface area contributed by atoms with E-state index in [1.54, 1.807) is 5.01 Å². The summed E-state index contributed by atoms with van der Waals surface area (Å²) >= 11 is 0. The van der Waals surface area contributed by atoms with Gasteiger partial charge in [-0.05, 0) is 23.8 Å². The number of nitrogens with zero attached hydrogens (tertiary/aromatic N) is 3. The lowest BCUT2D eigenvalue weighted by molar-refractivity contribution is -0.110. The third-order valence-electron chi connectivity index (χ3n) is 3.97. The van der Waals surface area contributed by atoms with Crippen LogP contribution < -0.4 is 5.01 Å². The Labute approximate surface area is 131 Å². The average molecular weight is 294 g/mol. The molecule has 1 fully saturated rings. The Morgan fingerprint density at radius 2 is 1.68 bits per heavy atom. The highest BCUT2D eigenvalue weighted by Gasteiger charge is 2.22. The van der Waals surface area contributed by atoms with Crippen LogP contribution in [0.3, 0.4) is 0 Å². The Kier molecular flexibility index (Phi) is 4.83. The van der Waals surface area contributed by atoms with Crippen molar-refractivity contribution >= 4 is 12.1 Å². The van der Waals surface area contributed by atoms with Crippen LogP contribution in [0.25, 0.3) is 0 Å². The lowest BCUT2D eigenvalue weighted by Gasteiger charge is -2.39. The van der Waals surface area contributed by atoms with Crippen molar-refractivity contribution in [2.24, 2.45) is 0 Å². The first-order valence-corrected chi connectivity index (χ1v) is 7.58. The molecule has 3 rings (SSSR count). The number of anilines is 1. The van der Waals surface area contributed by atoms with Crippen LogP contribution in [0.4, 0.5) is 5.69 Å². The summed E-state index contributed by atoms with van der Waals surface area (Å²) in [6.45, 7) is 4.58. The van der Waals surface area contributed by atoms with Crippen molar-refractivity contribution < 1.29 is 4.79 Å². The summed E-state index contributed by atoms with van der Waals surface area (Å²) in [5, 5.41) is 3.80. The normalized spacial score (nSPS) is 16.4. The molecule has 1 radical (unpaired) electrons. The zero-order valence-electron chi connectivity index (χ0n) is 12.6. The standard InChI is InChI=1S/C18H20N3O/c22-16-21(18-9-5-2-6-10-18)20-13-11-19(12-14-20)15-17-7-3-1-4-8-17/h1,3-10,16H,11-15H2. The first kappa shape index (κ1) is 14.8. The smallest absolute Gasteiger partial charge is 0.228 e. The molecule has 0 N–H and O–H groups in total. The summed E-state index contributed by atoms with van der Waals surface area (Å²) in [7, 11) is 0. The van der Waals surface area contributed by atoms with Gasteiger partial charge in [-0.25, -0.2) is 10.0 Å². The second kappa shape index (κ2) is 7.20. The molecule has 0 unspecified atom stereocenters. The van der Waals surface area contributed by atoms with E-state index in [2.05, 4.69) is 40.2 Å². The molecule has 0 spiro atoms. The molecule has 1 aliphatic heterocycles. The first-order valence-electron chi connectivity index (χ1n) is 7.58. The molecule has 1 aliphatic rings. The van der Waals surface area contributed by atoms with Crippen LogP contribution in [-0.4, -0.2) is 42.5 Å². The van der Waals surface area contributed by atoms with Crippen LogP contribution in [0, 0.1) is 6.07 Å². The minimum absolute atomic E-state index is 0.851. The van der Waals surface area contributed by atoms with Crippen LogP contribution in [0.15, 0.2) is 54.6 Å². The van der Waals surface area contributed by atoms with Gasteiger partial charge in [0.25, 0.3) is 0 Å². The molecular formula is C18H20N3O. The highest BCUT2D eigenvalue weighted by atomic mass is 16.1. The lowest BCUT2D eigenvalue weighted by Crippen LogP contribution is -2.53. The van der Waals surface area contributed by atoms with Crippen LogP contribution in [0.5, 0.6) is 0 Å². The molecule has 1 saturated heterocycles. The molecule has 1 heterocycles. The molecule has 0 atom stereocenters. The zero-order valence-corrected chi connectivity index (χ0v) is 12.6. The van der Waals surface area contributed by atoms with Crippen LogP contribution >= 0.6 is 0 Å². The van der Waals surface area contributed by atoms with E-state index < -0.39 is 0 Å². The summed E-state index contributed by atoms with van der Waals surface area (Å²) in [4.78, 5) is 13.9. The van der Waals surface area contributed by atoms with Gasteiger partial charge in [-0.2, -0.15) is 0 Å². The first-order chi connectivity index (χ1) is 10.9. The van der Waals surface area contributed by atoms with Gasteiger partial charge >= 0.3 is 0 Å². The Morgan fingerprint density at radius 3 is 2.32 bits per heavy atom. The molecule has 2 aromatic rings. The number of rotatable bonds is 5. The second-order valence-electron chi connectivity index (χ2n) is 5.42. The van der Waals surface area contributed by atoms with E-state index in [0.717, 1.165) is 44.8 Å². The number of hydrazine groups is 1. The fraction of sp³-hybridized carbons (Fsp3) is 0.278. The van der Waals surface area contributed by atoms with Gasteiger partial charge < -0.3 is 0 Å². The second-order valence-corrected chi connectivity index (χ2v) is 5.42. The van der Waals surface area contributed by atoms with Crippen molar-refractivity contribution in [3.05, 3.63) is 66.2 Å². The number of hydrogen-bond acceptors (Lipinski definition) is 3. The number of piperazine rings is 1. The van der Waals surface area contributed by atoms with Gasteiger partial charge in [-0.15, -0.1) is 0 Å². The maximum absolute atomic E-state index is 11.4. The lowest BCUT2D eigenvalue weighted by atomic mass is 10.2. The largest absolute Gasteiger partial charge is 0.296 e. The van der Waals surface area contributed by atoms with Crippen molar-refractivity contribution in [3.8, 4) is 0 Å². The van der Waals surface area contributed by atoms with Gasteiger partial charge in [-0.1, -0.05) is 42.5 Å². The van der Waals surface area contributed by atoms with E-state index in [9.17, 15) is 4.79 Å². The number of hydrogen-bond donors (Lipinski definition) is 0. The fourth-order valence-corrected chi connectivity index (χ4v) is 2.77. The molecule has 4 nitrogen and oxygen atoms in total. The predicted octanol–water partition coefficient (Wildman–Crippen LogP) is 2.18. The van der Waals surface area contributed by atoms with Crippen molar-refractivity contribution in [2.45, 2.75) is 6.54 Å². The summed E-state index contributed by atoms with van der Waals surface area (Å²) in [5.74, 6) is 0. The SMILES string of the molecule is O=CN(c1cc[c]cc1)N1CCN(Cc2ccccc2)CC1. The minimum atomic E-state index is 0.851. The molecular weight excluding hydrogens is 274 g/mol. The molecule has 113 valence electrons. The van der Waals surface area contributed by atoms with Gasteiger partial charge in [0, 0.05) is 32.7 Å². The summed E-state index contributed by atoms with van der Waals surface area (Å²) < 4.78 is 0. The van der Waals surface area contributed by atoms with Crippen LogP contribution in [0.1, 0.15) is 5.56 Å². The third-order valence-corrected chi connectivity index (χ3v) is 3.97. The monoisotopic (exact) mass is 294 g/mol. The molecule has 0 aliphatic carbocycles. The zero-order chi connectivity index (χ0) is 15.2. The number of benzene rings is 2. The van der Waals surface area contributed by atoms with Gasteiger partial charge in [0.15, 0.2) is 0 Å². The highest BCUT2D eigenvalue weighted by Crippen LogP contribution is 2.16. The van der Waals surface area contributed by atoms with E-state index in [-0.39, 0.29) is 0 Å². The maximum Gasteiger partial charge on any atom is 0.228 e. The molecule has 0 saturated carbocycles. The number of carbonyl (C=O) groups is 1. The molecule has 0 aromatic heterocycles. The summed E-state index contributed by atoms with van der Waals surface area (Å²) in [5.41, 5.74) is 2.23. The molecule has 22 heavy (non-hydrogen) atoms. The Morgan fingerprint density at radius 1 is 1.00 bits per heavy atom. The molecule has 1 amide bonds. The van der Waals surface area contributed by atoms with E-state index in [1.165, 1.54) is 5.56 Å². The Bertz CT molecular complexity index is 580. The van der Waals surface area contributed by atoms with Crippen LogP contribution in [-0.2, 0) is 11.3 Å². The van der Waals surface area contributed by atoms with Gasteiger partial charge in [0.1, 0.15) is 0 Å². The fourth-order valence-electron chi connectivity index (χ4n) is 2.77. The molecule has 2 aromatic carbocycles. The molecule has 4 heteroatoms. The van der Waals surface area contributed by atoms with Crippen molar-refractivity contribution in [3.63, 3.8) is 0 Å². The summed E-state index contributed by atoms with van der Waals surface area (Å²) in [6.07, 6.45) is 0.891. The Hall–Kier alpha value is -2.17. The number of amides is 1. The topological polar surface area (TPSA) is 26.8 Å². The predicted molar refractivity (Wildman–Crippen MR) is 87.1 cm³/mol. The summed E-state index contributed by atoms with van der Waals surface area (Å²) in [6, 6.07) is 21.0. The molecule has 0 bridgehead atoms. The minimum Gasteiger partial charge on any atom is -0.296 e. The van der Waals surface area contributed by atoms with E-state index in [1.807, 2.05) is 30.3 Å². The van der Waals surface area contributed by atoms with Crippen molar-refractivity contribution in [2.75, 3.05) is 31.2 Å².